The number of hydrogen-bond acceptors (Lipinski definition) is 6. The van der Waals surface area contributed by atoms with Crippen LogP contribution in [0, 0.1) is 6.92 Å². The summed E-state index contributed by atoms with van der Waals surface area (Å²) in [5.41, 5.74) is 5.17. The van der Waals surface area contributed by atoms with E-state index in [4.69, 9.17) is 19.0 Å². The summed E-state index contributed by atoms with van der Waals surface area (Å²) in [5.74, 6) is 2.55. The highest BCUT2D eigenvalue weighted by Crippen LogP contribution is 2.30. The van der Waals surface area contributed by atoms with E-state index in [0.717, 1.165) is 28.0 Å². The highest BCUT2D eigenvalue weighted by molar-refractivity contribution is 5.83. The highest BCUT2D eigenvalue weighted by atomic mass is 16.5. The van der Waals surface area contributed by atoms with Crippen molar-refractivity contribution in [3.8, 4) is 22.9 Å². The van der Waals surface area contributed by atoms with Gasteiger partial charge < -0.3 is 18.6 Å². The molecule has 0 amide bonds. The van der Waals surface area contributed by atoms with Crippen LogP contribution < -0.4 is 9.47 Å². The molecule has 7 nitrogen and oxygen atoms in total. The Balaban J connectivity index is 1.58. The number of aromatic nitrogens is 4. The Labute approximate surface area is 191 Å². The zero-order chi connectivity index (χ0) is 22.8. The third-order valence-corrected chi connectivity index (χ3v) is 5.67. The molecule has 0 aliphatic carbocycles. The number of ether oxygens (including phenoxy) is 2. The number of rotatable bonds is 7. The molecule has 0 radical (unpaired) electrons. The third kappa shape index (κ3) is 4.17. The van der Waals surface area contributed by atoms with E-state index in [-0.39, 0.29) is 12.6 Å². The minimum absolute atomic E-state index is 0.0538. The van der Waals surface area contributed by atoms with E-state index < -0.39 is 0 Å². The summed E-state index contributed by atoms with van der Waals surface area (Å²) in [4.78, 5) is 9.24. The zero-order valence-corrected chi connectivity index (χ0v) is 18.7. The van der Waals surface area contributed by atoms with Gasteiger partial charge in [0.1, 0.15) is 18.2 Å². The van der Waals surface area contributed by atoms with Crippen LogP contribution in [-0.2, 0) is 6.61 Å². The summed E-state index contributed by atoms with van der Waals surface area (Å²) in [7, 11) is 1.61. The first kappa shape index (κ1) is 20.8. The molecular weight excluding hydrogens is 416 g/mol. The minimum atomic E-state index is 0.0538. The van der Waals surface area contributed by atoms with Crippen LogP contribution >= 0.6 is 0 Å². The lowest BCUT2D eigenvalue weighted by atomic mass is 10.1. The molecule has 0 aliphatic heterocycles. The maximum absolute atomic E-state index is 5.90. The summed E-state index contributed by atoms with van der Waals surface area (Å²) in [6.45, 7) is 4.28. The number of nitrogens with zero attached hydrogens (tertiary/aromatic N) is 4. The van der Waals surface area contributed by atoms with Crippen LogP contribution in [0.15, 0.2) is 77.4 Å². The molecular formula is C26H24N4O3. The Hall–Kier alpha value is -4.13. The summed E-state index contributed by atoms with van der Waals surface area (Å²) in [6, 6.07) is 22.3. The van der Waals surface area contributed by atoms with Gasteiger partial charge >= 0.3 is 0 Å². The number of hydrogen-bond donors (Lipinski definition) is 0. The van der Waals surface area contributed by atoms with E-state index in [1.54, 1.807) is 13.2 Å². The SMILES string of the molecule is COc1ccc(-c2ccc3nc(COc4cc(C)on4)n([C@@H](C)c4ccccc4)c3c2)cn1. The van der Waals surface area contributed by atoms with E-state index >= 15 is 0 Å². The molecule has 3 aromatic heterocycles. The monoisotopic (exact) mass is 440 g/mol. The molecule has 3 heterocycles. The van der Waals surface area contributed by atoms with Crippen LogP contribution in [0.1, 0.15) is 30.1 Å². The Morgan fingerprint density at radius 1 is 0.970 bits per heavy atom. The fourth-order valence-electron chi connectivity index (χ4n) is 3.96. The van der Waals surface area contributed by atoms with E-state index in [9.17, 15) is 0 Å². The second kappa shape index (κ2) is 8.78. The van der Waals surface area contributed by atoms with Gasteiger partial charge in [0.2, 0.25) is 5.88 Å². The topological polar surface area (TPSA) is 75.2 Å². The van der Waals surface area contributed by atoms with E-state index in [1.165, 1.54) is 5.56 Å². The molecule has 5 aromatic rings. The first-order chi connectivity index (χ1) is 16.1. The van der Waals surface area contributed by atoms with Crippen molar-refractivity contribution in [3.63, 3.8) is 0 Å². The van der Waals surface area contributed by atoms with Gasteiger partial charge in [-0.25, -0.2) is 9.97 Å². The van der Waals surface area contributed by atoms with Crippen LogP contribution in [0.3, 0.4) is 0 Å². The lowest BCUT2D eigenvalue weighted by Crippen LogP contribution is -2.13. The average molecular weight is 441 g/mol. The molecule has 5 rings (SSSR count). The van der Waals surface area contributed by atoms with Crippen molar-refractivity contribution in [1.29, 1.82) is 0 Å². The third-order valence-electron chi connectivity index (χ3n) is 5.67. The Morgan fingerprint density at radius 3 is 2.48 bits per heavy atom. The van der Waals surface area contributed by atoms with Gasteiger partial charge in [-0.3, -0.25) is 0 Å². The van der Waals surface area contributed by atoms with Crippen LogP contribution in [0.4, 0.5) is 0 Å². The first-order valence-corrected chi connectivity index (χ1v) is 10.7. The molecule has 0 N–H and O–H groups in total. The number of imidazole rings is 1. The van der Waals surface area contributed by atoms with Crippen LogP contribution in [0.5, 0.6) is 11.8 Å². The van der Waals surface area contributed by atoms with Crippen molar-refractivity contribution < 1.29 is 14.0 Å². The standard InChI is InChI=1S/C26H24N4O3/c1-17-13-26(29-33-17)32-16-24-28-22-11-9-20(21-10-12-25(31-3)27-15-21)14-23(22)30(24)18(2)19-7-5-4-6-8-19/h4-15,18H,16H2,1-3H3/t18-/m0/s1. The Bertz CT molecular complexity index is 1370. The van der Waals surface area contributed by atoms with Gasteiger partial charge in [-0.05, 0) is 48.3 Å². The largest absolute Gasteiger partial charge is 0.481 e. The lowest BCUT2D eigenvalue weighted by Gasteiger charge is -2.18. The molecule has 2 aromatic carbocycles. The highest BCUT2D eigenvalue weighted by Gasteiger charge is 2.19. The Morgan fingerprint density at radius 2 is 1.79 bits per heavy atom. The van der Waals surface area contributed by atoms with E-state index in [2.05, 4.69) is 45.9 Å². The Kier molecular flexibility index (Phi) is 5.52. The van der Waals surface area contributed by atoms with Crippen LogP contribution in [0.2, 0.25) is 0 Å². The molecule has 0 unspecified atom stereocenters. The minimum Gasteiger partial charge on any atom is -0.481 e. The van der Waals surface area contributed by atoms with Gasteiger partial charge in [0.05, 0.1) is 24.2 Å². The van der Waals surface area contributed by atoms with Gasteiger partial charge in [-0.1, -0.05) is 36.4 Å². The predicted octanol–water partition coefficient (Wildman–Crippen LogP) is 5.59. The van der Waals surface area contributed by atoms with Gasteiger partial charge in [0, 0.05) is 23.9 Å². The smallest absolute Gasteiger partial charge is 0.254 e. The maximum Gasteiger partial charge on any atom is 0.254 e. The quantitative estimate of drug-likeness (QED) is 0.328. The summed E-state index contributed by atoms with van der Waals surface area (Å²) >= 11 is 0. The molecule has 1 atom stereocenters. The fourth-order valence-corrected chi connectivity index (χ4v) is 3.96. The van der Waals surface area contributed by atoms with Crippen molar-refractivity contribution in [3.05, 3.63) is 90.1 Å². The van der Waals surface area contributed by atoms with E-state index in [1.807, 2.05) is 49.5 Å². The second-order valence-electron chi connectivity index (χ2n) is 7.84. The van der Waals surface area contributed by atoms with Crippen molar-refractivity contribution in [1.82, 2.24) is 19.7 Å². The maximum atomic E-state index is 5.90. The van der Waals surface area contributed by atoms with Gasteiger partial charge in [0.15, 0.2) is 0 Å². The van der Waals surface area contributed by atoms with Crippen molar-refractivity contribution in [2.45, 2.75) is 26.5 Å². The predicted molar refractivity (Wildman–Crippen MR) is 125 cm³/mol. The number of benzene rings is 2. The van der Waals surface area contributed by atoms with Gasteiger partial charge in [-0.15, -0.1) is 0 Å². The number of methoxy groups -OCH3 is 1. The van der Waals surface area contributed by atoms with Gasteiger partial charge in [0.25, 0.3) is 5.88 Å². The molecule has 0 saturated carbocycles. The molecule has 0 fully saturated rings. The lowest BCUT2D eigenvalue weighted by molar-refractivity contribution is 0.255. The number of fused-ring (bicyclic) bond motifs is 1. The summed E-state index contributed by atoms with van der Waals surface area (Å²) in [5, 5.41) is 3.93. The summed E-state index contributed by atoms with van der Waals surface area (Å²) in [6.07, 6.45) is 1.82. The molecule has 0 saturated heterocycles. The number of pyridine rings is 1. The van der Waals surface area contributed by atoms with Crippen molar-refractivity contribution in [2.75, 3.05) is 7.11 Å². The van der Waals surface area contributed by atoms with E-state index in [0.29, 0.717) is 17.5 Å². The average Bonchev–Trinajstić information content (AvgIpc) is 3.45. The first-order valence-electron chi connectivity index (χ1n) is 10.7. The molecule has 7 heteroatoms. The molecule has 33 heavy (non-hydrogen) atoms. The molecule has 0 spiro atoms. The molecule has 0 aliphatic rings. The van der Waals surface area contributed by atoms with Crippen molar-refractivity contribution >= 4 is 11.0 Å². The van der Waals surface area contributed by atoms with Crippen molar-refractivity contribution in [2.24, 2.45) is 0 Å². The summed E-state index contributed by atoms with van der Waals surface area (Å²) < 4.78 is 18.4. The normalized spacial score (nSPS) is 12.1. The van der Waals surface area contributed by atoms with Crippen LogP contribution in [-0.4, -0.2) is 26.8 Å². The number of aryl methyl sites for hydroxylation is 1. The zero-order valence-electron chi connectivity index (χ0n) is 18.7. The molecule has 0 bridgehead atoms. The van der Waals surface area contributed by atoms with Gasteiger partial charge in [-0.2, -0.15) is 0 Å². The second-order valence-corrected chi connectivity index (χ2v) is 7.84. The molecule has 166 valence electrons. The van der Waals surface area contributed by atoms with Crippen LogP contribution in [0.25, 0.3) is 22.2 Å². The fraction of sp³-hybridized carbons (Fsp3) is 0.192.